The number of aromatic nitrogens is 1. The van der Waals surface area contributed by atoms with Crippen molar-refractivity contribution >= 4 is 27.8 Å². The fourth-order valence-electron chi connectivity index (χ4n) is 3.27. The van der Waals surface area contributed by atoms with Gasteiger partial charge in [0.25, 0.3) is 5.69 Å². The lowest BCUT2D eigenvalue weighted by atomic mass is 10.1. The Morgan fingerprint density at radius 1 is 1.06 bits per heavy atom. The third-order valence-electron chi connectivity index (χ3n) is 4.76. The molecule has 0 saturated heterocycles. The Bertz CT molecular complexity index is 1300. The van der Waals surface area contributed by atoms with Gasteiger partial charge in [-0.2, -0.15) is 5.26 Å². The van der Waals surface area contributed by atoms with Crippen LogP contribution in [0.3, 0.4) is 0 Å². The zero-order valence-corrected chi connectivity index (χ0v) is 18.1. The Labute approximate surface area is 188 Å². The number of rotatable bonds is 6. The highest BCUT2D eigenvalue weighted by molar-refractivity contribution is 7.18. The second kappa shape index (κ2) is 8.88. The average Bonchev–Trinajstić information content (AvgIpc) is 3.19. The van der Waals surface area contributed by atoms with Crippen LogP contribution in [-0.4, -0.2) is 9.91 Å². The average molecular weight is 443 g/mol. The van der Waals surface area contributed by atoms with Crippen molar-refractivity contribution < 1.29 is 9.66 Å². The van der Waals surface area contributed by atoms with Crippen molar-refractivity contribution in [2.24, 2.45) is 0 Å². The zero-order chi connectivity index (χ0) is 22.7. The second-order valence-corrected chi connectivity index (χ2v) is 8.06. The molecule has 0 amide bonds. The Morgan fingerprint density at radius 2 is 1.72 bits per heavy atom. The van der Waals surface area contributed by atoms with Gasteiger partial charge in [0.05, 0.1) is 16.6 Å². The van der Waals surface area contributed by atoms with E-state index >= 15 is 0 Å². The summed E-state index contributed by atoms with van der Waals surface area (Å²) >= 11 is 1.34. The van der Waals surface area contributed by atoms with Gasteiger partial charge in [0.1, 0.15) is 11.4 Å². The van der Waals surface area contributed by atoms with E-state index in [9.17, 15) is 15.4 Å². The van der Waals surface area contributed by atoms with Crippen molar-refractivity contribution in [2.45, 2.75) is 13.8 Å². The summed E-state index contributed by atoms with van der Waals surface area (Å²) < 4.78 is 6.31. The first kappa shape index (κ1) is 21.0. The summed E-state index contributed by atoms with van der Waals surface area (Å²) in [5, 5.41) is 24.5. The number of nitriles is 1. The van der Waals surface area contributed by atoms with E-state index in [-0.39, 0.29) is 5.69 Å². The Hall–Kier alpha value is -4.22. The van der Waals surface area contributed by atoms with Crippen LogP contribution in [-0.2, 0) is 0 Å². The number of benzene rings is 3. The number of nitro groups is 1. The number of nitro benzene ring substituents is 1. The van der Waals surface area contributed by atoms with E-state index in [2.05, 4.69) is 11.4 Å². The number of nitrogens with zero attached hydrogens (tertiary/aromatic N) is 3. The predicted octanol–water partition coefficient (Wildman–Crippen LogP) is 6.74. The smallest absolute Gasteiger partial charge is 0.269 e. The molecule has 0 aliphatic heterocycles. The van der Waals surface area contributed by atoms with E-state index < -0.39 is 4.92 Å². The number of thiazole rings is 1. The van der Waals surface area contributed by atoms with E-state index in [1.54, 1.807) is 24.3 Å². The maximum absolute atomic E-state index is 10.9. The molecule has 0 atom stereocenters. The van der Waals surface area contributed by atoms with Gasteiger partial charge in [0.2, 0.25) is 5.06 Å². The van der Waals surface area contributed by atoms with E-state index in [0.29, 0.717) is 32.9 Å². The van der Waals surface area contributed by atoms with Crippen molar-refractivity contribution in [2.75, 3.05) is 5.32 Å². The summed E-state index contributed by atoms with van der Waals surface area (Å²) in [6.45, 7) is 3.81. The number of non-ortho nitro benzene ring substituents is 1. The summed E-state index contributed by atoms with van der Waals surface area (Å²) in [6, 6.07) is 21.6. The van der Waals surface area contributed by atoms with E-state index in [4.69, 9.17) is 9.72 Å². The lowest BCUT2D eigenvalue weighted by molar-refractivity contribution is -0.384. The van der Waals surface area contributed by atoms with Crippen LogP contribution in [0.4, 0.5) is 16.5 Å². The SMILES string of the molecule is Cc1cc(C#N)cc(C)c1Oc1sc(Nc2ccc([N+](=O)[O-])cc2)nc1-c1ccccc1. The van der Waals surface area contributed by atoms with Gasteiger partial charge in [-0.1, -0.05) is 41.7 Å². The summed E-state index contributed by atoms with van der Waals surface area (Å²) in [5.74, 6) is 0.687. The maximum atomic E-state index is 10.9. The number of nitrogens with one attached hydrogen (secondary N) is 1. The molecule has 32 heavy (non-hydrogen) atoms. The lowest BCUT2D eigenvalue weighted by Gasteiger charge is -2.11. The van der Waals surface area contributed by atoms with Crippen LogP contribution in [0.25, 0.3) is 11.3 Å². The molecular weight excluding hydrogens is 424 g/mol. The predicted molar refractivity (Wildman–Crippen MR) is 125 cm³/mol. The number of hydrogen-bond donors (Lipinski definition) is 1. The molecule has 0 aliphatic carbocycles. The second-order valence-electron chi connectivity index (χ2n) is 7.10. The number of anilines is 2. The lowest BCUT2D eigenvalue weighted by Crippen LogP contribution is -1.93. The topological polar surface area (TPSA) is 101 Å². The van der Waals surface area contributed by atoms with Gasteiger partial charge in [-0.3, -0.25) is 10.1 Å². The first-order valence-corrected chi connectivity index (χ1v) is 10.5. The van der Waals surface area contributed by atoms with Gasteiger partial charge in [0.15, 0.2) is 5.13 Å². The molecule has 0 aliphatic rings. The molecule has 0 saturated carbocycles. The normalized spacial score (nSPS) is 10.4. The molecule has 7 nitrogen and oxygen atoms in total. The zero-order valence-electron chi connectivity index (χ0n) is 17.3. The fraction of sp³-hybridized carbons (Fsp3) is 0.0833. The summed E-state index contributed by atoms with van der Waals surface area (Å²) in [4.78, 5) is 15.2. The van der Waals surface area contributed by atoms with Crippen molar-refractivity contribution in [3.8, 4) is 28.1 Å². The third-order valence-corrected chi connectivity index (χ3v) is 5.61. The van der Waals surface area contributed by atoms with Crippen molar-refractivity contribution in [3.05, 3.63) is 93.5 Å². The molecular formula is C24H18N4O3S. The van der Waals surface area contributed by atoms with E-state index in [1.807, 2.05) is 44.2 Å². The van der Waals surface area contributed by atoms with Crippen molar-refractivity contribution in [1.29, 1.82) is 5.26 Å². The minimum atomic E-state index is -0.436. The summed E-state index contributed by atoms with van der Waals surface area (Å²) in [5.41, 5.74) is 4.59. The molecule has 8 heteroatoms. The highest BCUT2D eigenvalue weighted by atomic mass is 32.1. The van der Waals surface area contributed by atoms with Gasteiger partial charge in [0, 0.05) is 23.4 Å². The van der Waals surface area contributed by atoms with Crippen LogP contribution in [0.2, 0.25) is 0 Å². The van der Waals surface area contributed by atoms with E-state index in [1.165, 1.54) is 23.5 Å². The van der Waals surface area contributed by atoms with Crippen LogP contribution < -0.4 is 10.1 Å². The maximum Gasteiger partial charge on any atom is 0.269 e. The molecule has 3 aromatic carbocycles. The van der Waals surface area contributed by atoms with Gasteiger partial charge in [-0.25, -0.2) is 4.98 Å². The van der Waals surface area contributed by atoms with Crippen LogP contribution in [0, 0.1) is 35.3 Å². The van der Waals surface area contributed by atoms with Crippen LogP contribution >= 0.6 is 11.3 Å². The first-order valence-electron chi connectivity index (χ1n) is 9.71. The van der Waals surface area contributed by atoms with Crippen LogP contribution in [0.5, 0.6) is 10.8 Å². The standard InChI is InChI=1S/C24H18N4O3S/c1-15-12-17(14-25)13-16(2)22(15)31-23-21(18-6-4-3-5-7-18)27-24(32-23)26-19-8-10-20(11-9-19)28(29)30/h3-13H,1-2H3,(H,26,27). The van der Waals surface area contributed by atoms with Gasteiger partial charge >= 0.3 is 0 Å². The highest BCUT2D eigenvalue weighted by Gasteiger charge is 2.18. The number of hydrogen-bond acceptors (Lipinski definition) is 7. The quantitative estimate of drug-likeness (QED) is 0.262. The Morgan fingerprint density at radius 3 is 2.31 bits per heavy atom. The van der Waals surface area contributed by atoms with Crippen LogP contribution in [0.1, 0.15) is 16.7 Å². The van der Waals surface area contributed by atoms with Gasteiger partial charge in [-0.05, 0) is 49.2 Å². The summed E-state index contributed by atoms with van der Waals surface area (Å²) in [7, 11) is 0. The molecule has 1 aromatic heterocycles. The fourth-order valence-corrected chi connectivity index (χ4v) is 4.13. The molecule has 0 unspecified atom stereocenters. The Kier molecular flexibility index (Phi) is 5.83. The molecule has 0 bridgehead atoms. The molecule has 158 valence electrons. The molecule has 1 heterocycles. The number of ether oxygens (including phenoxy) is 1. The highest BCUT2D eigenvalue weighted by Crippen LogP contribution is 2.43. The molecule has 1 N–H and O–H groups in total. The van der Waals surface area contributed by atoms with Crippen LogP contribution in [0.15, 0.2) is 66.7 Å². The molecule has 4 rings (SSSR count). The van der Waals surface area contributed by atoms with Crippen molar-refractivity contribution in [3.63, 3.8) is 0 Å². The Balaban J connectivity index is 1.71. The third kappa shape index (κ3) is 4.43. The molecule has 4 aromatic rings. The van der Waals surface area contributed by atoms with Gasteiger partial charge in [-0.15, -0.1) is 0 Å². The van der Waals surface area contributed by atoms with E-state index in [0.717, 1.165) is 16.7 Å². The molecule has 0 radical (unpaired) electrons. The molecule has 0 fully saturated rings. The minimum Gasteiger partial charge on any atom is -0.444 e. The monoisotopic (exact) mass is 442 g/mol. The first-order chi connectivity index (χ1) is 15.4. The van der Waals surface area contributed by atoms with Crippen molar-refractivity contribution in [1.82, 2.24) is 4.98 Å². The molecule has 0 spiro atoms. The largest absolute Gasteiger partial charge is 0.444 e. The summed E-state index contributed by atoms with van der Waals surface area (Å²) in [6.07, 6.45) is 0. The minimum absolute atomic E-state index is 0.0236. The number of aryl methyl sites for hydroxylation is 2. The van der Waals surface area contributed by atoms with Gasteiger partial charge < -0.3 is 10.1 Å².